The van der Waals surface area contributed by atoms with Crippen molar-refractivity contribution in [2.75, 3.05) is 6.61 Å². The van der Waals surface area contributed by atoms with Crippen LogP contribution in [0.1, 0.15) is 31.9 Å². The van der Waals surface area contributed by atoms with Gasteiger partial charge >= 0.3 is 0 Å². The molecule has 0 bridgehead atoms. The molecule has 4 heteroatoms. The Kier molecular flexibility index (Phi) is 3.87. The zero-order chi connectivity index (χ0) is 13.1. The highest BCUT2D eigenvalue weighted by Crippen LogP contribution is 2.31. The van der Waals surface area contributed by atoms with Crippen molar-refractivity contribution in [2.45, 2.75) is 32.4 Å². The van der Waals surface area contributed by atoms with E-state index in [9.17, 15) is 4.79 Å². The van der Waals surface area contributed by atoms with Gasteiger partial charge in [0.25, 0.3) is 0 Å². The van der Waals surface area contributed by atoms with Gasteiger partial charge in [-0.3, -0.25) is 4.79 Å². The molecule has 1 aromatic carbocycles. The summed E-state index contributed by atoms with van der Waals surface area (Å²) in [5.74, 6) is 1.16. The Bertz CT molecular complexity index is 432. The Hall–Kier alpha value is -1.55. The van der Waals surface area contributed by atoms with Crippen LogP contribution in [0.4, 0.5) is 0 Å². The first-order chi connectivity index (χ1) is 8.58. The smallest absolute Gasteiger partial charge is 0.237 e. The molecular formula is C14H20N2O2. The number of para-hydroxylation sites is 1. The Balaban J connectivity index is 1.97. The number of ether oxygens (including phenoxy) is 1. The highest BCUT2D eigenvalue weighted by atomic mass is 16.5. The van der Waals surface area contributed by atoms with Crippen molar-refractivity contribution in [3.05, 3.63) is 29.8 Å². The van der Waals surface area contributed by atoms with E-state index < -0.39 is 6.04 Å². The first-order valence-corrected chi connectivity index (χ1v) is 6.35. The van der Waals surface area contributed by atoms with Gasteiger partial charge in [0.2, 0.25) is 5.91 Å². The van der Waals surface area contributed by atoms with Gasteiger partial charge in [-0.15, -0.1) is 0 Å². The molecule has 1 unspecified atom stereocenters. The molecule has 0 aromatic heterocycles. The fraction of sp³-hybridized carbons (Fsp3) is 0.500. The second-order valence-corrected chi connectivity index (χ2v) is 5.15. The first-order valence-electron chi connectivity index (χ1n) is 6.35. The summed E-state index contributed by atoms with van der Waals surface area (Å²) in [6.45, 7) is 4.60. The average Bonchev–Trinajstić information content (AvgIpc) is 2.72. The van der Waals surface area contributed by atoms with Gasteiger partial charge in [0, 0.05) is 5.56 Å². The van der Waals surface area contributed by atoms with E-state index in [0.29, 0.717) is 18.9 Å². The molecule has 1 heterocycles. The van der Waals surface area contributed by atoms with Crippen LogP contribution < -0.4 is 15.8 Å². The minimum absolute atomic E-state index is 0.0769. The molecule has 0 aliphatic carbocycles. The van der Waals surface area contributed by atoms with E-state index in [1.54, 1.807) is 0 Å². The molecule has 0 spiro atoms. The fourth-order valence-corrected chi connectivity index (χ4v) is 2.18. The zero-order valence-electron chi connectivity index (χ0n) is 10.8. The van der Waals surface area contributed by atoms with Crippen molar-refractivity contribution >= 4 is 5.91 Å². The van der Waals surface area contributed by atoms with Gasteiger partial charge in [-0.2, -0.15) is 0 Å². The van der Waals surface area contributed by atoms with Gasteiger partial charge in [0.1, 0.15) is 12.4 Å². The highest BCUT2D eigenvalue weighted by molar-refractivity contribution is 5.82. The van der Waals surface area contributed by atoms with Crippen LogP contribution in [0.2, 0.25) is 0 Å². The van der Waals surface area contributed by atoms with E-state index in [1.807, 2.05) is 24.3 Å². The molecule has 1 aliphatic rings. The summed E-state index contributed by atoms with van der Waals surface area (Å²) in [4.78, 5) is 12.0. The van der Waals surface area contributed by atoms with Crippen LogP contribution in [0.25, 0.3) is 0 Å². The second-order valence-electron chi connectivity index (χ2n) is 5.15. The van der Waals surface area contributed by atoms with E-state index in [2.05, 4.69) is 19.2 Å². The number of carbonyl (C=O) groups excluding carboxylic acids is 1. The number of rotatable bonds is 4. The maximum atomic E-state index is 12.0. The monoisotopic (exact) mass is 248 g/mol. The van der Waals surface area contributed by atoms with Crippen molar-refractivity contribution in [3.63, 3.8) is 0 Å². The molecule has 0 radical (unpaired) electrons. The minimum atomic E-state index is -0.447. The number of benzene rings is 1. The summed E-state index contributed by atoms with van der Waals surface area (Å²) >= 11 is 0. The van der Waals surface area contributed by atoms with Gasteiger partial charge < -0.3 is 15.8 Å². The van der Waals surface area contributed by atoms with Crippen LogP contribution in [-0.4, -0.2) is 18.6 Å². The summed E-state index contributed by atoms with van der Waals surface area (Å²) in [6, 6.07) is 7.23. The molecule has 0 fully saturated rings. The van der Waals surface area contributed by atoms with Crippen molar-refractivity contribution in [3.8, 4) is 5.75 Å². The highest BCUT2D eigenvalue weighted by Gasteiger charge is 2.26. The Morgan fingerprint density at radius 1 is 1.50 bits per heavy atom. The summed E-state index contributed by atoms with van der Waals surface area (Å²) in [5, 5.41) is 2.95. The molecule has 3 N–H and O–H groups in total. The number of nitrogens with one attached hydrogen (secondary N) is 1. The molecule has 98 valence electrons. The van der Waals surface area contributed by atoms with E-state index in [4.69, 9.17) is 10.5 Å². The summed E-state index contributed by atoms with van der Waals surface area (Å²) < 4.78 is 5.52. The third-order valence-electron chi connectivity index (χ3n) is 3.08. The van der Waals surface area contributed by atoms with E-state index in [0.717, 1.165) is 11.3 Å². The van der Waals surface area contributed by atoms with Gasteiger partial charge in [-0.1, -0.05) is 32.0 Å². The molecule has 0 saturated heterocycles. The predicted octanol–water partition coefficient (Wildman–Crippen LogP) is 1.61. The van der Waals surface area contributed by atoms with Crippen LogP contribution in [0.5, 0.6) is 5.75 Å². The topological polar surface area (TPSA) is 64.4 Å². The van der Waals surface area contributed by atoms with Crippen molar-refractivity contribution in [2.24, 2.45) is 11.7 Å². The van der Waals surface area contributed by atoms with Gasteiger partial charge in [-0.05, 0) is 18.4 Å². The van der Waals surface area contributed by atoms with Crippen LogP contribution >= 0.6 is 0 Å². The SMILES string of the molecule is CC(C)C[C@H](N)C(=O)NC1COc2ccccc21. The van der Waals surface area contributed by atoms with Crippen LogP contribution in [-0.2, 0) is 4.79 Å². The molecule has 2 atom stereocenters. The number of hydrogen-bond acceptors (Lipinski definition) is 3. The number of hydrogen-bond donors (Lipinski definition) is 2. The Labute approximate surface area is 108 Å². The van der Waals surface area contributed by atoms with E-state index in [1.165, 1.54) is 0 Å². The molecule has 4 nitrogen and oxygen atoms in total. The first kappa shape index (κ1) is 12.9. The molecule has 1 amide bonds. The number of amides is 1. The minimum Gasteiger partial charge on any atom is -0.491 e. The van der Waals surface area contributed by atoms with Gasteiger partial charge in [0.05, 0.1) is 12.1 Å². The normalized spacial score (nSPS) is 19.2. The number of nitrogens with two attached hydrogens (primary N) is 1. The zero-order valence-corrected chi connectivity index (χ0v) is 10.8. The van der Waals surface area contributed by atoms with Crippen LogP contribution in [0, 0.1) is 5.92 Å². The lowest BCUT2D eigenvalue weighted by molar-refractivity contribution is -0.123. The molecule has 2 rings (SSSR count). The lowest BCUT2D eigenvalue weighted by Gasteiger charge is -2.17. The number of carbonyl (C=O) groups is 1. The van der Waals surface area contributed by atoms with Gasteiger partial charge in [0.15, 0.2) is 0 Å². The summed E-state index contributed by atoms with van der Waals surface area (Å²) in [7, 11) is 0. The maximum Gasteiger partial charge on any atom is 0.237 e. The fourth-order valence-electron chi connectivity index (χ4n) is 2.18. The summed E-state index contributed by atoms with van der Waals surface area (Å²) in [6.07, 6.45) is 0.695. The second kappa shape index (κ2) is 5.40. The van der Waals surface area contributed by atoms with Crippen molar-refractivity contribution < 1.29 is 9.53 Å². The van der Waals surface area contributed by atoms with E-state index >= 15 is 0 Å². The lowest BCUT2D eigenvalue weighted by Crippen LogP contribution is -2.43. The Morgan fingerprint density at radius 2 is 2.22 bits per heavy atom. The average molecular weight is 248 g/mol. The van der Waals surface area contributed by atoms with Gasteiger partial charge in [-0.25, -0.2) is 0 Å². The van der Waals surface area contributed by atoms with Crippen molar-refractivity contribution in [1.29, 1.82) is 0 Å². The predicted molar refractivity (Wildman–Crippen MR) is 70.3 cm³/mol. The third-order valence-corrected chi connectivity index (χ3v) is 3.08. The quantitative estimate of drug-likeness (QED) is 0.851. The lowest BCUT2D eigenvalue weighted by atomic mass is 10.0. The third kappa shape index (κ3) is 2.82. The summed E-state index contributed by atoms with van der Waals surface area (Å²) in [5.41, 5.74) is 6.89. The van der Waals surface area contributed by atoms with Crippen LogP contribution in [0.15, 0.2) is 24.3 Å². The molecule has 1 aliphatic heterocycles. The number of fused-ring (bicyclic) bond motifs is 1. The Morgan fingerprint density at radius 3 is 2.94 bits per heavy atom. The van der Waals surface area contributed by atoms with Crippen molar-refractivity contribution in [1.82, 2.24) is 5.32 Å². The standard InChI is InChI=1S/C14H20N2O2/c1-9(2)7-11(15)14(17)16-12-8-18-13-6-4-3-5-10(12)13/h3-6,9,11-12H,7-8,15H2,1-2H3,(H,16,17)/t11-,12?/m0/s1. The van der Waals surface area contributed by atoms with E-state index in [-0.39, 0.29) is 11.9 Å². The largest absolute Gasteiger partial charge is 0.491 e. The molecule has 18 heavy (non-hydrogen) atoms. The maximum absolute atomic E-state index is 12.0. The van der Waals surface area contributed by atoms with Crippen LogP contribution in [0.3, 0.4) is 0 Å². The molecule has 1 aromatic rings. The molecular weight excluding hydrogens is 228 g/mol. The molecule has 0 saturated carbocycles.